The zero-order valence-corrected chi connectivity index (χ0v) is 13.2. The summed E-state index contributed by atoms with van der Waals surface area (Å²) in [4.78, 5) is 1.19. The van der Waals surface area contributed by atoms with Gasteiger partial charge in [-0.3, -0.25) is 0 Å². The van der Waals surface area contributed by atoms with Gasteiger partial charge in [0.2, 0.25) is 0 Å². The number of rotatable bonds is 6. The minimum Gasteiger partial charge on any atom is -0.119 e. The molecule has 0 fully saturated rings. The third-order valence-electron chi connectivity index (χ3n) is 1.57. The first-order valence-corrected chi connectivity index (χ1v) is 12.1. The first kappa shape index (κ1) is 15.1. The van der Waals surface area contributed by atoms with Gasteiger partial charge in [-0.2, -0.15) is 0 Å². The molecule has 0 saturated carbocycles. The first-order valence-electron chi connectivity index (χ1n) is 4.71. The fraction of sp³-hybridized carbons (Fsp3) is 0.167. The molecule has 0 aliphatic heterocycles. The van der Waals surface area contributed by atoms with Gasteiger partial charge >= 0.3 is 0 Å². The van der Waals surface area contributed by atoms with Crippen LogP contribution in [0, 0.1) is 24.7 Å². The van der Waals surface area contributed by atoms with Crippen LogP contribution in [0.4, 0.5) is 0 Å². The molecule has 0 heterocycles. The number of hydrogen-bond acceptors (Lipinski definition) is 4. The Hall–Kier alpha value is 0.0400. The SMILES string of the molecule is C#CCSP(=S)(SCC#C)Sc1ccccc1. The van der Waals surface area contributed by atoms with Gasteiger partial charge in [-0.05, 0) is 12.1 Å². The van der Waals surface area contributed by atoms with Crippen molar-refractivity contribution in [1.82, 2.24) is 0 Å². The Bertz CT molecular complexity index is 448. The summed E-state index contributed by atoms with van der Waals surface area (Å²) in [5.41, 5.74) is 0. The molecule has 5 heteroatoms. The van der Waals surface area contributed by atoms with Crippen LogP contribution in [0.25, 0.3) is 0 Å². The quantitative estimate of drug-likeness (QED) is 0.549. The molecule has 0 aromatic heterocycles. The summed E-state index contributed by atoms with van der Waals surface area (Å²) >= 11 is 10.8. The zero-order chi connectivity index (χ0) is 12.6. The summed E-state index contributed by atoms with van der Waals surface area (Å²) in [5, 5.41) is 0. The molecule has 0 nitrogen and oxygen atoms in total. The maximum Gasteiger partial charge on any atom is 0.115 e. The lowest BCUT2D eigenvalue weighted by Crippen LogP contribution is -1.74. The highest BCUT2D eigenvalue weighted by atomic mass is 33.5. The Morgan fingerprint density at radius 1 is 1.06 bits per heavy atom. The molecule has 0 aliphatic rings. The van der Waals surface area contributed by atoms with E-state index in [1.165, 1.54) is 4.90 Å². The summed E-state index contributed by atoms with van der Waals surface area (Å²) in [6, 6.07) is 10.2. The average Bonchev–Trinajstić information content (AvgIpc) is 2.35. The Morgan fingerprint density at radius 3 is 2.06 bits per heavy atom. The molecule has 1 aromatic rings. The molecule has 0 atom stereocenters. The molecule has 17 heavy (non-hydrogen) atoms. The normalized spacial score (nSPS) is 10.5. The van der Waals surface area contributed by atoms with Crippen molar-refractivity contribution >= 4 is 49.6 Å². The van der Waals surface area contributed by atoms with Gasteiger partial charge in [0.1, 0.15) is 3.64 Å². The summed E-state index contributed by atoms with van der Waals surface area (Å²) in [6.07, 6.45) is 10.6. The number of benzene rings is 1. The van der Waals surface area contributed by atoms with Crippen molar-refractivity contribution in [1.29, 1.82) is 0 Å². The van der Waals surface area contributed by atoms with Crippen LogP contribution in [-0.2, 0) is 11.8 Å². The highest BCUT2D eigenvalue weighted by Crippen LogP contribution is 2.79. The van der Waals surface area contributed by atoms with E-state index in [0.717, 1.165) is 0 Å². The van der Waals surface area contributed by atoms with Crippen molar-refractivity contribution in [2.45, 2.75) is 4.90 Å². The van der Waals surface area contributed by atoms with Gasteiger partial charge in [-0.25, -0.2) is 0 Å². The Labute approximate surface area is 120 Å². The highest BCUT2D eigenvalue weighted by molar-refractivity contribution is 9.23. The number of hydrogen-bond donors (Lipinski definition) is 0. The second kappa shape index (κ2) is 8.20. The monoisotopic (exact) mass is 314 g/mol. The molecule has 1 aromatic carbocycles. The molecular weight excluding hydrogens is 303 g/mol. The van der Waals surface area contributed by atoms with E-state index >= 15 is 0 Å². The van der Waals surface area contributed by atoms with E-state index in [2.05, 4.69) is 24.0 Å². The van der Waals surface area contributed by atoms with Gasteiger partial charge < -0.3 is 0 Å². The van der Waals surface area contributed by atoms with Crippen LogP contribution in [0.5, 0.6) is 0 Å². The van der Waals surface area contributed by atoms with Crippen LogP contribution < -0.4 is 0 Å². The number of terminal acetylenes is 2. The maximum absolute atomic E-state index is 5.72. The topological polar surface area (TPSA) is 0 Å². The van der Waals surface area contributed by atoms with Crippen LogP contribution >= 0.6 is 37.8 Å². The highest BCUT2D eigenvalue weighted by Gasteiger charge is 2.19. The molecular formula is C12H11PS4. The molecule has 1 rings (SSSR count). The van der Waals surface area contributed by atoms with Gasteiger partial charge in [0, 0.05) is 4.90 Å². The van der Waals surface area contributed by atoms with E-state index in [1.54, 1.807) is 34.1 Å². The molecule has 0 saturated heterocycles. The van der Waals surface area contributed by atoms with Crippen molar-refractivity contribution in [3.05, 3.63) is 30.3 Å². The summed E-state index contributed by atoms with van der Waals surface area (Å²) < 4.78 is -1.68. The van der Waals surface area contributed by atoms with E-state index in [-0.39, 0.29) is 0 Å². The molecule has 0 spiro atoms. The van der Waals surface area contributed by atoms with E-state index in [1.807, 2.05) is 18.2 Å². The third-order valence-corrected chi connectivity index (χ3v) is 15.2. The van der Waals surface area contributed by atoms with Crippen molar-refractivity contribution in [3.63, 3.8) is 0 Å². The van der Waals surface area contributed by atoms with E-state index in [0.29, 0.717) is 11.5 Å². The lowest BCUT2D eigenvalue weighted by molar-refractivity contribution is 1.48. The van der Waals surface area contributed by atoms with E-state index < -0.39 is 3.64 Å². The van der Waals surface area contributed by atoms with Gasteiger partial charge in [0.05, 0.1) is 11.5 Å². The fourth-order valence-corrected chi connectivity index (χ4v) is 12.0. The van der Waals surface area contributed by atoms with Gasteiger partial charge in [-0.15, -0.1) is 12.8 Å². The maximum atomic E-state index is 5.72. The van der Waals surface area contributed by atoms with Crippen LogP contribution in [0.1, 0.15) is 0 Å². The molecule has 0 amide bonds. The van der Waals surface area contributed by atoms with E-state index in [9.17, 15) is 0 Å². The molecule has 0 N–H and O–H groups in total. The zero-order valence-electron chi connectivity index (χ0n) is 9.04. The van der Waals surface area contributed by atoms with Crippen LogP contribution in [0.15, 0.2) is 35.2 Å². The lowest BCUT2D eigenvalue weighted by Gasteiger charge is -2.17. The predicted octanol–water partition coefficient (Wildman–Crippen LogP) is 4.74. The third kappa shape index (κ3) is 5.96. The van der Waals surface area contributed by atoms with Crippen molar-refractivity contribution < 1.29 is 0 Å². The second-order valence-electron chi connectivity index (χ2n) is 2.81. The van der Waals surface area contributed by atoms with Crippen LogP contribution in [0.2, 0.25) is 0 Å². The van der Waals surface area contributed by atoms with Crippen molar-refractivity contribution in [2.75, 3.05) is 11.5 Å². The first-order chi connectivity index (χ1) is 8.20. The summed E-state index contributed by atoms with van der Waals surface area (Å²) in [5.74, 6) is 6.56. The van der Waals surface area contributed by atoms with Gasteiger partial charge in [0.25, 0.3) is 0 Å². The minimum absolute atomic E-state index is 0.648. The standard InChI is InChI=1S/C12H11PS4/c1-3-10-15-13(14,16-11-4-2)17-12-8-6-5-7-9-12/h1-2,5-9H,10-11H2. The molecule has 88 valence electrons. The average molecular weight is 314 g/mol. The molecule has 0 radical (unpaired) electrons. The van der Waals surface area contributed by atoms with Crippen LogP contribution in [0.3, 0.4) is 0 Å². The van der Waals surface area contributed by atoms with Gasteiger partial charge in [-0.1, -0.05) is 76.0 Å². The fourth-order valence-electron chi connectivity index (χ4n) is 0.933. The van der Waals surface area contributed by atoms with E-state index in [4.69, 9.17) is 24.7 Å². The summed E-state index contributed by atoms with van der Waals surface area (Å²) in [6.45, 7) is 0. The van der Waals surface area contributed by atoms with Crippen molar-refractivity contribution in [3.8, 4) is 24.7 Å². The largest absolute Gasteiger partial charge is 0.119 e. The lowest BCUT2D eigenvalue weighted by atomic mass is 10.4. The van der Waals surface area contributed by atoms with Crippen LogP contribution in [-0.4, -0.2) is 11.5 Å². The van der Waals surface area contributed by atoms with Crippen molar-refractivity contribution in [2.24, 2.45) is 0 Å². The minimum atomic E-state index is -1.68. The Morgan fingerprint density at radius 2 is 1.59 bits per heavy atom. The Kier molecular flexibility index (Phi) is 7.28. The smallest absolute Gasteiger partial charge is 0.115 e. The van der Waals surface area contributed by atoms with Gasteiger partial charge in [0.15, 0.2) is 0 Å². The second-order valence-corrected chi connectivity index (χ2v) is 18.3. The molecule has 0 bridgehead atoms. The molecule has 0 unspecified atom stereocenters. The summed E-state index contributed by atoms with van der Waals surface area (Å²) in [7, 11) is 0. The Balaban J connectivity index is 2.74. The molecule has 0 aliphatic carbocycles. The predicted molar refractivity (Wildman–Crippen MR) is 89.2 cm³/mol.